The van der Waals surface area contributed by atoms with Crippen molar-refractivity contribution in [2.24, 2.45) is 10.1 Å². The summed E-state index contributed by atoms with van der Waals surface area (Å²) in [7, 11) is 1.97. The van der Waals surface area contributed by atoms with E-state index in [1.54, 1.807) is 12.3 Å². The maximum atomic E-state index is 14.2. The van der Waals surface area contributed by atoms with Gasteiger partial charge < -0.3 is 10.2 Å². The summed E-state index contributed by atoms with van der Waals surface area (Å²) in [5.74, 6) is -0.0198. The first-order valence-corrected chi connectivity index (χ1v) is 11.7. The second-order valence-electron chi connectivity index (χ2n) is 8.69. The highest BCUT2D eigenvalue weighted by Gasteiger charge is 2.38. The average molecular weight is 455 g/mol. The highest BCUT2D eigenvalue weighted by Crippen LogP contribution is 2.39. The molecule has 0 saturated heterocycles. The van der Waals surface area contributed by atoms with Crippen molar-refractivity contribution < 1.29 is 4.39 Å². The smallest absolute Gasteiger partial charge is 0.159 e. The number of hydrogen-bond acceptors (Lipinski definition) is 6. The molecule has 0 spiro atoms. The van der Waals surface area contributed by atoms with Gasteiger partial charge in [-0.25, -0.2) is 4.39 Å². The van der Waals surface area contributed by atoms with E-state index in [-0.39, 0.29) is 17.9 Å². The minimum absolute atomic E-state index is 0.0484. The fourth-order valence-electron chi connectivity index (χ4n) is 5.16. The zero-order valence-corrected chi connectivity index (χ0v) is 19.0. The van der Waals surface area contributed by atoms with Gasteiger partial charge >= 0.3 is 0 Å². The fraction of sp³-hybridized carbons (Fsp3) is 0.458. The monoisotopic (exact) mass is 454 g/mol. The summed E-state index contributed by atoms with van der Waals surface area (Å²) in [6, 6.07) is 3.45. The molecule has 32 heavy (non-hydrogen) atoms. The molecular formula is C24H28ClFN6. The molecule has 0 bridgehead atoms. The lowest BCUT2D eigenvalue weighted by Crippen LogP contribution is -2.46. The van der Waals surface area contributed by atoms with Crippen molar-refractivity contribution >= 4 is 24.2 Å². The van der Waals surface area contributed by atoms with Gasteiger partial charge in [0.25, 0.3) is 0 Å². The number of halogens is 2. The molecule has 1 fully saturated rings. The Bertz CT molecular complexity index is 1020. The molecule has 2 aliphatic carbocycles. The first kappa shape index (κ1) is 21.3. The van der Waals surface area contributed by atoms with E-state index in [9.17, 15) is 4.39 Å². The third kappa shape index (κ3) is 3.99. The quantitative estimate of drug-likeness (QED) is 0.712. The maximum Gasteiger partial charge on any atom is 0.159 e. The molecule has 5 rings (SSSR count). The highest BCUT2D eigenvalue weighted by atomic mass is 35.5. The van der Waals surface area contributed by atoms with Gasteiger partial charge in [0.05, 0.1) is 11.4 Å². The molecule has 168 valence electrons. The lowest BCUT2D eigenvalue weighted by atomic mass is 9.83. The number of pyridine rings is 1. The second-order valence-corrected chi connectivity index (χ2v) is 9.12. The summed E-state index contributed by atoms with van der Waals surface area (Å²) in [6.07, 6.45) is 15.0. The second kappa shape index (κ2) is 9.16. The summed E-state index contributed by atoms with van der Waals surface area (Å²) < 4.78 is 14.2. The van der Waals surface area contributed by atoms with Gasteiger partial charge in [0, 0.05) is 53.6 Å². The van der Waals surface area contributed by atoms with Crippen LogP contribution in [0.2, 0.25) is 0 Å². The van der Waals surface area contributed by atoms with Gasteiger partial charge in [-0.1, -0.05) is 17.7 Å². The molecule has 1 unspecified atom stereocenters. The van der Waals surface area contributed by atoms with Gasteiger partial charge in [-0.05, 0) is 57.4 Å². The number of hydrogen-bond donors (Lipinski definition) is 1. The molecule has 1 saturated carbocycles. The standard InChI is InChI=1S/C24H28ClFN6/c1-27-12-10-22-19-9-6-17(25)13-21(19)29-14-23-31(22)15-30-32(23)18-7-4-16(5-8-18)24-20(26)3-2-11-28-24/h2-3,6,11,13-16,18,23,27H,4-5,7-10,12H2,1H3. The van der Waals surface area contributed by atoms with Gasteiger partial charge in [-0.15, -0.1) is 0 Å². The topological polar surface area (TPSA) is 56.1 Å². The van der Waals surface area contributed by atoms with Crippen molar-refractivity contribution in [1.82, 2.24) is 20.2 Å². The number of allylic oxidation sites excluding steroid dienone is 4. The van der Waals surface area contributed by atoms with Crippen molar-refractivity contribution in [2.45, 2.75) is 56.7 Å². The molecule has 4 aliphatic rings. The molecule has 1 atom stereocenters. The molecule has 1 aromatic rings. The number of hydrazone groups is 1. The molecule has 1 N–H and O–H groups in total. The van der Waals surface area contributed by atoms with Crippen LogP contribution in [-0.2, 0) is 0 Å². The van der Waals surface area contributed by atoms with Crippen LogP contribution in [0.5, 0.6) is 0 Å². The first-order valence-electron chi connectivity index (χ1n) is 11.4. The van der Waals surface area contributed by atoms with Crippen molar-refractivity contribution in [3.8, 4) is 0 Å². The van der Waals surface area contributed by atoms with Crippen molar-refractivity contribution in [3.63, 3.8) is 0 Å². The molecule has 8 heteroatoms. The molecule has 0 amide bonds. The largest absolute Gasteiger partial charge is 0.319 e. The maximum absolute atomic E-state index is 14.2. The van der Waals surface area contributed by atoms with E-state index in [0.717, 1.165) is 55.8 Å². The molecule has 0 aromatic carbocycles. The van der Waals surface area contributed by atoms with Crippen LogP contribution >= 0.6 is 11.6 Å². The molecular weight excluding hydrogens is 427 g/mol. The Balaban J connectivity index is 1.35. The van der Waals surface area contributed by atoms with E-state index in [1.807, 2.05) is 31.8 Å². The van der Waals surface area contributed by atoms with Gasteiger partial charge in [0.15, 0.2) is 6.17 Å². The Hall–Kier alpha value is -2.51. The van der Waals surface area contributed by atoms with Crippen LogP contribution in [0.4, 0.5) is 4.39 Å². The normalized spacial score (nSPS) is 27.2. The Labute approximate surface area is 193 Å². The number of nitrogens with one attached hydrogen (secondary N) is 1. The third-order valence-electron chi connectivity index (χ3n) is 6.81. The molecule has 1 aromatic heterocycles. The minimum Gasteiger partial charge on any atom is -0.319 e. The fourth-order valence-corrected chi connectivity index (χ4v) is 5.34. The van der Waals surface area contributed by atoms with Crippen molar-refractivity contribution in [1.29, 1.82) is 0 Å². The van der Waals surface area contributed by atoms with E-state index in [0.29, 0.717) is 11.7 Å². The minimum atomic E-state index is -0.193. The number of aromatic nitrogens is 1. The molecule has 2 aliphatic heterocycles. The Morgan fingerprint density at radius 2 is 2.09 bits per heavy atom. The number of nitrogens with zero attached hydrogens (tertiary/aromatic N) is 5. The summed E-state index contributed by atoms with van der Waals surface area (Å²) in [6.45, 7) is 0.876. The van der Waals surface area contributed by atoms with E-state index in [1.165, 1.54) is 17.3 Å². The SMILES string of the molecule is CNCCC1=C2CC=C(Cl)C=C2N=CC2N1C=NN2C1CCC(c2ncccc2F)CC1. The summed E-state index contributed by atoms with van der Waals surface area (Å²) in [4.78, 5) is 11.4. The Morgan fingerprint density at radius 1 is 1.25 bits per heavy atom. The van der Waals surface area contributed by atoms with Crippen molar-refractivity contribution in [3.05, 3.63) is 64.0 Å². The first-order chi connectivity index (χ1) is 15.7. The summed E-state index contributed by atoms with van der Waals surface area (Å²) in [5.41, 5.74) is 4.00. The lowest BCUT2D eigenvalue weighted by Gasteiger charge is -2.37. The molecule has 6 nitrogen and oxygen atoms in total. The molecule has 3 heterocycles. The van der Waals surface area contributed by atoms with Crippen LogP contribution in [0.1, 0.15) is 50.1 Å². The van der Waals surface area contributed by atoms with E-state index in [2.05, 4.69) is 20.2 Å². The van der Waals surface area contributed by atoms with Crippen LogP contribution in [0, 0.1) is 5.82 Å². The van der Waals surface area contributed by atoms with Crippen LogP contribution in [0.25, 0.3) is 0 Å². The summed E-state index contributed by atoms with van der Waals surface area (Å²) in [5, 5.41) is 11.0. The Kier molecular flexibility index (Phi) is 6.11. The van der Waals surface area contributed by atoms with Gasteiger partial charge in [0.1, 0.15) is 12.2 Å². The predicted octanol–water partition coefficient (Wildman–Crippen LogP) is 4.49. The lowest BCUT2D eigenvalue weighted by molar-refractivity contribution is 0.112. The third-order valence-corrected chi connectivity index (χ3v) is 7.08. The van der Waals surface area contributed by atoms with Gasteiger partial charge in [-0.2, -0.15) is 5.10 Å². The zero-order chi connectivity index (χ0) is 22.1. The van der Waals surface area contributed by atoms with Crippen LogP contribution in [0.15, 0.2) is 62.6 Å². The van der Waals surface area contributed by atoms with Gasteiger partial charge in [0.2, 0.25) is 0 Å². The average Bonchev–Trinajstić information content (AvgIpc) is 3.16. The highest BCUT2D eigenvalue weighted by molar-refractivity contribution is 6.31. The van der Waals surface area contributed by atoms with E-state index >= 15 is 0 Å². The van der Waals surface area contributed by atoms with Crippen LogP contribution in [-0.4, -0.2) is 53.2 Å². The van der Waals surface area contributed by atoms with Crippen LogP contribution in [0.3, 0.4) is 0 Å². The van der Waals surface area contributed by atoms with Gasteiger partial charge in [-0.3, -0.25) is 15.0 Å². The van der Waals surface area contributed by atoms with Crippen molar-refractivity contribution in [2.75, 3.05) is 13.6 Å². The van der Waals surface area contributed by atoms with E-state index < -0.39 is 0 Å². The number of fused-ring (bicyclic) bond motifs is 2. The summed E-state index contributed by atoms with van der Waals surface area (Å²) >= 11 is 6.28. The predicted molar refractivity (Wildman–Crippen MR) is 126 cm³/mol. The van der Waals surface area contributed by atoms with Crippen LogP contribution < -0.4 is 5.32 Å². The zero-order valence-electron chi connectivity index (χ0n) is 18.2. The number of rotatable bonds is 5. The Morgan fingerprint density at radius 3 is 2.88 bits per heavy atom. The molecule has 0 radical (unpaired) electrons. The van der Waals surface area contributed by atoms with E-state index in [4.69, 9.17) is 21.7 Å². The number of aliphatic imine (C=N–C) groups is 1.